The van der Waals surface area contributed by atoms with Crippen LogP contribution in [0.25, 0.3) is 6.08 Å². The van der Waals surface area contributed by atoms with E-state index in [0.717, 1.165) is 15.9 Å². The normalized spacial score (nSPS) is 14.9. The quantitative estimate of drug-likeness (QED) is 0.154. The van der Waals surface area contributed by atoms with Gasteiger partial charge in [-0.15, -0.1) is 0 Å². The molecule has 2 heterocycles. The van der Waals surface area contributed by atoms with Crippen LogP contribution < -0.4 is 19.6 Å². The van der Waals surface area contributed by atoms with E-state index in [4.69, 9.17) is 32.7 Å². The molecule has 0 amide bonds. The zero-order valence-electron chi connectivity index (χ0n) is 23.0. The highest BCUT2D eigenvalue weighted by atomic mass is 127. The molecule has 0 unspecified atom stereocenters. The molecule has 0 fully saturated rings. The lowest BCUT2D eigenvalue weighted by Gasteiger charge is -2.26. The van der Waals surface area contributed by atoms with E-state index in [1.165, 1.54) is 37.3 Å². The van der Waals surface area contributed by atoms with Gasteiger partial charge in [-0.05, 0) is 71.5 Å². The molecular formula is C31H19Cl2F3IN3O4S. The summed E-state index contributed by atoms with van der Waals surface area (Å²) in [6.07, 6.45) is -3.59. The summed E-state index contributed by atoms with van der Waals surface area (Å²) in [4.78, 5) is 30.5. The summed E-state index contributed by atoms with van der Waals surface area (Å²) in [5, 5.41) is 10.1. The summed E-state index contributed by atoms with van der Waals surface area (Å²) in [7, 11) is 0. The molecule has 3 aromatic carbocycles. The number of nitrogens with zero attached hydrogens (tertiary/aromatic N) is 3. The molecule has 0 saturated heterocycles. The van der Waals surface area contributed by atoms with Gasteiger partial charge in [0.25, 0.3) is 5.56 Å². The average molecular weight is 784 g/mol. The third-order valence-electron chi connectivity index (χ3n) is 6.61. The topological polar surface area (TPSA) is 93.7 Å². The van der Waals surface area contributed by atoms with Crippen LogP contribution in [0.3, 0.4) is 0 Å². The first kappa shape index (κ1) is 32.7. The number of hydrogen-bond acceptors (Lipinski definition) is 7. The standard InChI is InChI=1S/C31H19Cl2F3IN3O4S/c1-2-43-29(42)24-25(16-7-9-20(32)10-8-16)40-28(41)23(45-30(40)39-27(24)31(34,35)36)12-19-11-21(33)13-22(37)26(19)44-15-18-6-4-3-5-17(18)14-38/h3-13,25H,2,15H2,1H3/b23-12-/t25-/m1/s1. The van der Waals surface area contributed by atoms with Crippen molar-refractivity contribution in [2.45, 2.75) is 25.7 Å². The first-order chi connectivity index (χ1) is 21.4. The van der Waals surface area contributed by atoms with E-state index >= 15 is 0 Å². The van der Waals surface area contributed by atoms with Crippen LogP contribution in [0.15, 0.2) is 81.7 Å². The molecule has 5 rings (SSSR count). The molecule has 1 aliphatic heterocycles. The molecule has 0 radical (unpaired) electrons. The second-order valence-corrected chi connectivity index (χ2v) is 12.5. The number of halogens is 6. The number of hydrogen-bond donors (Lipinski definition) is 0. The van der Waals surface area contributed by atoms with Crippen LogP contribution in [0.2, 0.25) is 10.0 Å². The Morgan fingerprint density at radius 2 is 1.87 bits per heavy atom. The Morgan fingerprint density at radius 3 is 2.53 bits per heavy atom. The fourth-order valence-corrected chi connectivity index (χ4v) is 7.02. The summed E-state index contributed by atoms with van der Waals surface area (Å²) in [5.74, 6) is -0.906. The van der Waals surface area contributed by atoms with Crippen molar-refractivity contribution >= 4 is 69.2 Å². The van der Waals surface area contributed by atoms with Gasteiger partial charge in [-0.2, -0.15) is 18.4 Å². The average Bonchev–Trinajstić information content (AvgIpc) is 3.30. The van der Waals surface area contributed by atoms with Gasteiger partial charge in [0.05, 0.1) is 38.0 Å². The zero-order chi connectivity index (χ0) is 32.5. The Balaban J connectivity index is 1.72. The molecule has 0 aliphatic carbocycles. The Kier molecular flexibility index (Phi) is 9.74. The fraction of sp³-hybridized carbons (Fsp3) is 0.161. The van der Waals surface area contributed by atoms with Gasteiger partial charge in [0.15, 0.2) is 10.5 Å². The molecule has 1 atom stereocenters. The Labute approximate surface area is 281 Å². The molecule has 4 aromatic rings. The number of benzene rings is 3. The van der Waals surface area contributed by atoms with Crippen molar-refractivity contribution in [3.63, 3.8) is 0 Å². The largest absolute Gasteiger partial charge is 0.487 e. The van der Waals surface area contributed by atoms with Gasteiger partial charge in [0, 0.05) is 21.2 Å². The second kappa shape index (κ2) is 13.4. The monoisotopic (exact) mass is 783 g/mol. The number of carbonyl (C=O) groups is 1. The minimum Gasteiger partial charge on any atom is -0.487 e. The highest BCUT2D eigenvalue weighted by molar-refractivity contribution is 14.1. The van der Waals surface area contributed by atoms with E-state index < -0.39 is 35.0 Å². The van der Waals surface area contributed by atoms with Crippen LogP contribution in [-0.2, 0) is 16.1 Å². The lowest BCUT2D eigenvalue weighted by atomic mass is 9.95. The number of allylic oxidation sites excluding steroid dienone is 1. The van der Waals surface area contributed by atoms with Crippen LogP contribution in [0, 0.1) is 14.9 Å². The van der Waals surface area contributed by atoms with Crippen LogP contribution in [0.4, 0.5) is 13.2 Å². The van der Waals surface area contributed by atoms with Crippen LogP contribution >= 0.6 is 57.1 Å². The first-order valence-electron chi connectivity index (χ1n) is 13.1. The molecule has 0 N–H and O–H groups in total. The smallest absolute Gasteiger partial charge is 0.434 e. The number of ether oxygens (including phenoxy) is 2. The van der Waals surface area contributed by atoms with Crippen molar-refractivity contribution in [3.8, 4) is 11.8 Å². The van der Waals surface area contributed by atoms with Gasteiger partial charge in [0.1, 0.15) is 12.4 Å². The third kappa shape index (κ3) is 6.81. The van der Waals surface area contributed by atoms with Gasteiger partial charge < -0.3 is 9.47 Å². The number of thiazole rings is 1. The minimum absolute atomic E-state index is 0.0136. The maximum Gasteiger partial charge on any atom is 0.434 e. The number of rotatable bonds is 7. The van der Waals surface area contributed by atoms with Gasteiger partial charge in [-0.3, -0.25) is 9.36 Å². The number of carbonyl (C=O) groups excluding carboxylic acids is 1. The van der Waals surface area contributed by atoms with Crippen LogP contribution in [0.5, 0.6) is 5.75 Å². The summed E-state index contributed by atoms with van der Waals surface area (Å²) in [6.45, 7) is 1.29. The van der Waals surface area contributed by atoms with Crippen LogP contribution in [0.1, 0.15) is 35.2 Å². The summed E-state index contributed by atoms with van der Waals surface area (Å²) in [6, 6.07) is 16.5. The fourth-order valence-electron chi connectivity index (χ4n) is 4.69. The Hall–Kier alpha value is -3.64. The van der Waals surface area contributed by atoms with Gasteiger partial charge in [-0.1, -0.05) is 64.9 Å². The maximum absolute atomic E-state index is 14.4. The number of nitriles is 1. The van der Waals surface area contributed by atoms with E-state index in [2.05, 4.69) is 11.1 Å². The maximum atomic E-state index is 14.4. The summed E-state index contributed by atoms with van der Waals surface area (Å²) in [5.41, 5.74) is -1.34. The van der Waals surface area contributed by atoms with Crippen molar-refractivity contribution in [1.29, 1.82) is 5.26 Å². The number of fused-ring (bicyclic) bond motifs is 1. The molecule has 1 aliphatic rings. The molecule has 0 bridgehead atoms. The molecule has 1 aromatic heterocycles. The molecular weight excluding hydrogens is 765 g/mol. The minimum atomic E-state index is -5.04. The molecule has 45 heavy (non-hydrogen) atoms. The van der Waals surface area contributed by atoms with E-state index in [0.29, 0.717) is 36.1 Å². The summed E-state index contributed by atoms with van der Waals surface area (Å²) < 4.78 is 55.9. The molecule has 0 saturated carbocycles. The molecule has 7 nitrogen and oxygen atoms in total. The van der Waals surface area contributed by atoms with E-state index in [1.807, 2.05) is 22.6 Å². The molecule has 14 heteroatoms. The molecule has 230 valence electrons. The Morgan fingerprint density at radius 1 is 1.16 bits per heavy atom. The SMILES string of the molecule is CCOC(=O)C1=C(C(F)(F)F)N=c2s/c(=C\c3cc(Cl)cc(I)c3OCc3ccccc3C#N)c(=O)n2[C@@H]1c1ccc(Cl)cc1. The van der Waals surface area contributed by atoms with Crippen molar-refractivity contribution in [1.82, 2.24) is 4.57 Å². The van der Waals surface area contributed by atoms with Crippen LogP contribution in [-0.4, -0.2) is 23.3 Å². The lowest BCUT2D eigenvalue weighted by molar-refractivity contribution is -0.140. The summed E-state index contributed by atoms with van der Waals surface area (Å²) >= 11 is 15.1. The number of alkyl halides is 3. The lowest BCUT2D eigenvalue weighted by Crippen LogP contribution is -2.41. The number of esters is 1. The van der Waals surface area contributed by atoms with Gasteiger partial charge in [0.2, 0.25) is 0 Å². The second-order valence-electron chi connectivity index (χ2n) is 9.48. The van der Waals surface area contributed by atoms with Crippen molar-refractivity contribution in [2.75, 3.05) is 6.61 Å². The molecule has 0 spiro atoms. The highest BCUT2D eigenvalue weighted by Gasteiger charge is 2.45. The predicted molar refractivity (Wildman–Crippen MR) is 172 cm³/mol. The van der Waals surface area contributed by atoms with Crippen molar-refractivity contribution in [2.24, 2.45) is 4.99 Å². The predicted octanol–water partition coefficient (Wildman–Crippen LogP) is 6.70. The van der Waals surface area contributed by atoms with Crippen molar-refractivity contribution < 1.29 is 27.4 Å². The first-order valence-corrected chi connectivity index (χ1v) is 15.7. The van der Waals surface area contributed by atoms with Gasteiger partial charge in [-0.25, -0.2) is 9.79 Å². The van der Waals surface area contributed by atoms with E-state index in [1.54, 1.807) is 36.4 Å². The van der Waals surface area contributed by atoms with Gasteiger partial charge >= 0.3 is 12.1 Å². The Bertz CT molecular complexity index is 2070. The van der Waals surface area contributed by atoms with Crippen molar-refractivity contribution in [3.05, 3.63) is 127 Å². The highest BCUT2D eigenvalue weighted by Crippen LogP contribution is 2.38. The third-order valence-corrected chi connectivity index (χ3v) is 8.87. The van der Waals surface area contributed by atoms with E-state index in [-0.39, 0.29) is 28.1 Å². The number of aromatic nitrogens is 1. The van der Waals surface area contributed by atoms with E-state index in [9.17, 15) is 28.0 Å². The zero-order valence-corrected chi connectivity index (χ0v) is 27.5.